The van der Waals surface area contributed by atoms with E-state index in [-0.39, 0.29) is 111 Å². The lowest BCUT2D eigenvalue weighted by molar-refractivity contribution is -0.144. The molecule has 1 aliphatic rings. The van der Waals surface area contributed by atoms with E-state index in [1.807, 2.05) is 25.1 Å². The molecule has 0 heterocycles. The summed E-state index contributed by atoms with van der Waals surface area (Å²) < 4.78 is 27.6. The van der Waals surface area contributed by atoms with Gasteiger partial charge < -0.3 is 45.0 Å². The van der Waals surface area contributed by atoms with Gasteiger partial charge in [-0.2, -0.15) is 0 Å². The predicted octanol–water partition coefficient (Wildman–Crippen LogP) is 9.25. The standard InChI is InChI=1S/C58H68N4O13/c1-34(2)53(67)73-37(6)22-24-71-55(69)45-20-18-43(28-47(45)51(65)59-11)75-44-19-21-46(56(70)72-25-23-38(7)74-54(68)35(3)4)48(29-44)52(66)61-41-17-13-16-40(27-41)50(64)62-42-30-57(8,9)32-58(10,31-42)33-60-49(63)39-15-12-14-36(5)26-39/h12-21,26-29,37-38,42H,1,3,22-25,30-33H2,2,4-11H3,(H,59,65)(H,60,63)(H,61,66)(H,62,64). The highest BCUT2D eigenvalue weighted by Gasteiger charge is 2.42. The lowest BCUT2D eigenvalue weighted by Gasteiger charge is -2.47. The molecule has 0 aliphatic heterocycles. The van der Waals surface area contributed by atoms with Crippen molar-refractivity contribution in [1.82, 2.24) is 16.0 Å². The number of anilines is 1. The molecule has 4 atom stereocenters. The fourth-order valence-electron chi connectivity index (χ4n) is 8.91. The zero-order valence-electron chi connectivity index (χ0n) is 44.2. The predicted molar refractivity (Wildman–Crippen MR) is 282 cm³/mol. The lowest BCUT2D eigenvalue weighted by Crippen LogP contribution is -2.50. The average molecular weight is 1030 g/mol. The SMILES string of the molecule is C=C(C)C(=O)OC(C)CCOC(=O)c1ccc(Oc2ccc(C(=O)OCCC(C)OC(=O)C(=C)C)c(C(=O)Nc3cccc(C(=O)NC4CC(C)(C)CC(C)(CNC(=O)c5cccc(C)c5)C4)c3)c2)cc1C(=O)NC. The Bertz CT molecular complexity index is 2850. The molecule has 1 aliphatic carbocycles. The van der Waals surface area contributed by atoms with Crippen LogP contribution in [-0.4, -0.2) is 92.6 Å². The van der Waals surface area contributed by atoms with E-state index in [1.54, 1.807) is 38.1 Å². The molecule has 4 unspecified atom stereocenters. The minimum Gasteiger partial charge on any atom is -0.462 e. The number of rotatable bonds is 22. The van der Waals surface area contributed by atoms with Gasteiger partial charge in [-0.05, 0) is 131 Å². The monoisotopic (exact) mass is 1030 g/mol. The normalized spacial score (nSPS) is 16.4. The number of ether oxygens (including phenoxy) is 5. The van der Waals surface area contributed by atoms with Crippen LogP contribution in [0.2, 0.25) is 0 Å². The minimum absolute atomic E-state index is 0.0544. The van der Waals surface area contributed by atoms with Gasteiger partial charge >= 0.3 is 23.9 Å². The van der Waals surface area contributed by atoms with Gasteiger partial charge in [-0.15, -0.1) is 0 Å². The van der Waals surface area contributed by atoms with E-state index in [0.29, 0.717) is 24.9 Å². The molecule has 4 amide bonds. The Morgan fingerprint density at radius 3 is 1.68 bits per heavy atom. The van der Waals surface area contributed by atoms with E-state index in [4.69, 9.17) is 23.7 Å². The lowest BCUT2D eigenvalue weighted by atomic mass is 9.62. The number of carbonyl (C=O) groups is 8. The van der Waals surface area contributed by atoms with Crippen LogP contribution in [0.15, 0.2) is 109 Å². The Labute approximate surface area is 438 Å². The Balaban J connectivity index is 1.34. The Morgan fingerprint density at radius 1 is 0.640 bits per heavy atom. The van der Waals surface area contributed by atoms with Gasteiger partial charge in [0.15, 0.2) is 0 Å². The molecule has 17 heteroatoms. The van der Waals surface area contributed by atoms with E-state index < -0.39 is 47.9 Å². The van der Waals surface area contributed by atoms with Crippen molar-refractivity contribution < 1.29 is 62.0 Å². The minimum atomic E-state index is -0.872. The van der Waals surface area contributed by atoms with Crippen molar-refractivity contribution in [2.75, 3.05) is 32.1 Å². The number of hydrogen-bond donors (Lipinski definition) is 4. The average Bonchev–Trinajstić information content (AvgIpc) is 3.34. The van der Waals surface area contributed by atoms with Crippen LogP contribution >= 0.6 is 0 Å². The number of amides is 4. The molecule has 1 saturated carbocycles. The molecular weight excluding hydrogens is 961 g/mol. The molecule has 17 nitrogen and oxygen atoms in total. The number of aryl methyl sites for hydroxylation is 1. The van der Waals surface area contributed by atoms with Crippen LogP contribution in [0.5, 0.6) is 11.5 Å². The molecule has 0 radical (unpaired) electrons. The number of carbonyl (C=O) groups excluding carboxylic acids is 8. The Hall–Kier alpha value is -8.08. The summed E-state index contributed by atoms with van der Waals surface area (Å²) in [4.78, 5) is 105. The second kappa shape index (κ2) is 25.7. The summed E-state index contributed by atoms with van der Waals surface area (Å²) in [6.07, 6.45) is 1.28. The number of nitrogens with one attached hydrogen (secondary N) is 4. The molecule has 0 aromatic heterocycles. The summed E-state index contributed by atoms with van der Waals surface area (Å²) in [7, 11) is 1.38. The third kappa shape index (κ3) is 17.0. The van der Waals surface area contributed by atoms with Crippen molar-refractivity contribution in [3.63, 3.8) is 0 Å². The van der Waals surface area contributed by atoms with Crippen molar-refractivity contribution in [2.24, 2.45) is 10.8 Å². The van der Waals surface area contributed by atoms with Crippen LogP contribution in [0.1, 0.15) is 148 Å². The van der Waals surface area contributed by atoms with Gasteiger partial charge in [0.05, 0.1) is 35.5 Å². The number of hydrogen-bond acceptors (Lipinski definition) is 13. The largest absolute Gasteiger partial charge is 0.462 e. The molecule has 4 aromatic carbocycles. The zero-order valence-corrected chi connectivity index (χ0v) is 44.2. The first-order chi connectivity index (χ1) is 35.3. The molecule has 4 N–H and O–H groups in total. The van der Waals surface area contributed by atoms with Gasteiger partial charge in [0.1, 0.15) is 23.7 Å². The summed E-state index contributed by atoms with van der Waals surface area (Å²) in [5, 5.41) is 11.6. The van der Waals surface area contributed by atoms with Crippen LogP contribution in [-0.2, 0) is 28.5 Å². The van der Waals surface area contributed by atoms with Crippen LogP contribution in [0.4, 0.5) is 5.69 Å². The number of esters is 4. The topological polar surface area (TPSA) is 231 Å². The summed E-state index contributed by atoms with van der Waals surface area (Å²) >= 11 is 0. The molecule has 5 rings (SSSR count). The van der Waals surface area contributed by atoms with Crippen molar-refractivity contribution >= 4 is 53.2 Å². The summed E-state index contributed by atoms with van der Waals surface area (Å²) in [6.45, 7) is 21.9. The Kier molecular flexibility index (Phi) is 19.8. The second-order valence-corrected chi connectivity index (χ2v) is 20.3. The molecule has 4 aromatic rings. The molecule has 398 valence electrons. The van der Waals surface area contributed by atoms with Crippen LogP contribution < -0.4 is 26.0 Å². The van der Waals surface area contributed by atoms with Gasteiger partial charge in [0.2, 0.25) is 0 Å². The molecule has 0 saturated heterocycles. The summed E-state index contributed by atoms with van der Waals surface area (Å²) in [5.41, 5.74) is 1.54. The number of benzene rings is 4. The van der Waals surface area contributed by atoms with Crippen molar-refractivity contribution in [2.45, 2.75) is 106 Å². The molecular formula is C58H68N4O13. The third-order valence-corrected chi connectivity index (χ3v) is 12.3. The van der Waals surface area contributed by atoms with E-state index in [0.717, 1.165) is 12.0 Å². The van der Waals surface area contributed by atoms with Crippen LogP contribution in [0.3, 0.4) is 0 Å². The second-order valence-electron chi connectivity index (χ2n) is 20.3. The highest BCUT2D eigenvalue weighted by Crippen LogP contribution is 2.46. The quantitative estimate of drug-likeness (QED) is 0.0327. The molecule has 0 spiro atoms. The Morgan fingerprint density at radius 2 is 1.16 bits per heavy atom. The fourth-order valence-corrected chi connectivity index (χ4v) is 8.91. The van der Waals surface area contributed by atoms with Crippen molar-refractivity contribution in [3.05, 3.63) is 148 Å². The zero-order chi connectivity index (χ0) is 55.2. The maximum atomic E-state index is 14.3. The maximum Gasteiger partial charge on any atom is 0.338 e. The van der Waals surface area contributed by atoms with E-state index in [9.17, 15) is 38.4 Å². The first-order valence-corrected chi connectivity index (χ1v) is 24.7. The van der Waals surface area contributed by atoms with Gasteiger partial charge in [0, 0.05) is 60.4 Å². The third-order valence-electron chi connectivity index (χ3n) is 12.3. The maximum absolute atomic E-state index is 14.3. The van der Waals surface area contributed by atoms with E-state index >= 15 is 0 Å². The van der Waals surface area contributed by atoms with Crippen LogP contribution in [0.25, 0.3) is 0 Å². The summed E-state index contributed by atoms with van der Waals surface area (Å²) in [6, 6.07) is 21.6. The highest BCUT2D eigenvalue weighted by atomic mass is 16.6. The van der Waals surface area contributed by atoms with Gasteiger partial charge in [-0.25, -0.2) is 19.2 Å². The fraction of sp³-hybridized carbons (Fsp3) is 0.379. The summed E-state index contributed by atoms with van der Waals surface area (Å²) in [5.74, 6) is -4.64. The molecule has 1 fully saturated rings. The van der Waals surface area contributed by atoms with Gasteiger partial charge in [-0.1, -0.05) is 57.7 Å². The van der Waals surface area contributed by atoms with E-state index in [2.05, 4.69) is 55.2 Å². The van der Waals surface area contributed by atoms with Crippen molar-refractivity contribution in [3.8, 4) is 11.5 Å². The van der Waals surface area contributed by atoms with Crippen molar-refractivity contribution in [1.29, 1.82) is 0 Å². The van der Waals surface area contributed by atoms with E-state index in [1.165, 1.54) is 63.4 Å². The highest BCUT2D eigenvalue weighted by molar-refractivity contribution is 6.12. The van der Waals surface area contributed by atoms with Crippen LogP contribution in [0, 0.1) is 17.8 Å². The first kappa shape index (κ1) is 57.8. The van der Waals surface area contributed by atoms with Gasteiger partial charge in [0.25, 0.3) is 23.6 Å². The van der Waals surface area contributed by atoms with Gasteiger partial charge in [-0.3, -0.25) is 19.2 Å². The molecule has 0 bridgehead atoms. The smallest absolute Gasteiger partial charge is 0.338 e. The first-order valence-electron chi connectivity index (χ1n) is 24.7. The molecule has 75 heavy (non-hydrogen) atoms.